The van der Waals surface area contributed by atoms with E-state index in [1.165, 1.54) is 16.4 Å². The molecule has 3 aliphatic heterocycles. The number of piperidine rings is 1. The molecule has 0 saturated carbocycles. The van der Waals surface area contributed by atoms with Gasteiger partial charge in [0.05, 0.1) is 12.2 Å². The third kappa shape index (κ3) is 7.35. The monoisotopic (exact) mass is 604 g/mol. The van der Waals surface area contributed by atoms with E-state index in [1.807, 2.05) is 0 Å². The molecule has 1 atom stereocenters. The van der Waals surface area contributed by atoms with E-state index < -0.39 is 57.4 Å². The highest BCUT2D eigenvalue weighted by molar-refractivity contribution is 7.91. The third-order valence-electron chi connectivity index (χ3n) is 7.97. The highest BCUT2D eigenvalue weighted by Crippen LogP contribution is 2.40. The maximum Gasteiger partial charge on any atom is 0.416 e. The highest BCUT2D eigenvalue weighted by Gasteiger charge is 2.57. The molecule has 0 radical (unpaired) electrons. The molecule has 0 aliphatic carbocycles. The summed E-state index contributed by atoms with van der Waals surface area (Å²) in [6, 6.07) is 4.35. The van der Waals surface area contributed by atoms with Crippen LogP contribution in [0.25, 0.3) is 0 Å². The SMILES string of the molecule is CCOC(=O)B1CCC(C(=O)NOC2CCCCO2)(S(=O)(=O)N2CCC(Oc3ccc(C(F)(F)F)cc3)CC2)CC1. The molecule has 0 spiro atoms. The number of ether oxygens (including phenoxy) is 3. The van der Waals surface area contributed by atoms with Crippen LogP contribution in [0.4, 0.5) is 18.0 Å². The second-order valence-corrected chi connectivity index (χ2v) is 12.9. The fraction of sp³-hybridized carbons (Fsp3) is 0.692. The summed E-state index contributed by atoms with van der Waals surface area (Å²) >= 11 is 0. The Morgan fingerprint density at radius 2 is 1.76 bits per heavy atom. The molecule has 3 aliphatic rings. The molecular weight excluding hydrogens is 568 g/mol. The lowest BCUT2D eigenvalue weighted by molar-refractivity contribution is -0.201. The number of sulfonamides is 1. The fourth-order valence-electron chi connectivity index (χ4n) is 5.55. The van der Waals surface area contributed by atoms with Crippen molar-refractivity contribution in [1.82, 2.24) is 9.79 Å². The van der Waals surface area contributed by atoms with Gasteiger partial charge in [-0.2, -0.15) is 13.2 Å². The lowest BCUT2D eigenvalue weighted by Gasteiger charge is -2.41. The Hall–Kier alpha value is -2.36. The molecule has 1 amide bonds. The van der Waals surface area contributed by atoms with E-state index in [4.69, 9.17) is 19.0 Å². The van der Waals surface area contributed by atoms with Gasteiger partial charge in [-0.05, 0) is 69.7 Å². The predicted molar refractivity (Wildman–Crippen MR) is 143 cm³/mol. The number of rotatable bonds is 9. The second kappa shape index (κ2) is 13.3. The first-order valence-electron chi connectivity index (χ1n) is 14.0. The van der Waals surface area contributed by atoms with Crippen LogP contribution in [0.2, 0.25) is 12.6 Å². The van der Waals surface area contributed by atoms with Crippen molar-refractivity contribution < 1.29 is 50.2 Å². The van der Waals surface area contributed by atoms with E-state index in [-0.39, 0.29) is 63.8 Å². The van der Waals surface area contributed by atoms with Crippen LogP contribution in [0.3, 0.4) is 0 Å². The number of hydrogen-bond acceptors (Lipinski definition) is 8. The molecule has 0 bridgehead atoms. The molecule has 1 unspecified atom stereocenters. The smallest absolute Gasteiger partial charge is 0.416 e. The van der Waals surface area contributed by atoms with Crippen molar-refractivity contribution in [2.24, 2.45) is 0 Å². The third-order valence-corrected chi connectivity index (χ3v) is 10.6. The lowest BCUT2D eigenvalue weighted by atomic mass is 9.40. The highest BCUT2D eigenvalue weighted by atomic mass is 32.2. The summed E-state index contributed by atoms with van der Waals surface area (Å²) in [5.74, 6) is -0.946. The summed E-state index contributed by atoms with van der Waals surface area (Å²) in [6.45, 7) is 2.01. The van der Waals surface area contributed by atoms with Crippen LogP contribution < -0.4 is 10.2 Å². The summed E-state index contributed by atoms with van der Waals surface area (Å²) in [5.41, 5.74) is 1.56. The molecule has 3 saturated heterocycles. The van der Waals surface area contributed by atoms with E-state index in [1.54, 1.807) is 6.92 Å². The van der Waals surface area contributed by atoms with Crippen LogP contribution >= 0.6 is 0 Å². The molecule has 41 heavy (non-hydrogen) atoms. The molecule has 1 aromatic rings. The standard InChI is InChI=1S/C26H36BF3N2O8S/c1-2-37-24(34)27-14-12-25(13-15-27,23(33)31-40-22-5-3-4-18-38-22)41(35,36)32-16-10-21(11-17-32)39-20-8-6-19(7-9-20)26(28,29)30/h6-9,21-22H,2-5,10-18H2,1H3,(H,31,33). The Morgan fingerprint density at radius 3 is 2.32 bits per heavy atom. The number of alkyl halides is 3. The summed E-state index contributed by atoms with van der Waals surface area (Å²) < 4.78 is 82.5. The fourth-order valence-corrected chi connectivity index (χ4v) is 7.76. The van der Waals surface area contributed by atoms with Gasteiger partial charge in [0.2, 0.25) is 10.0 Å². The number of benzene rings is 1. The van der Waals surface area contributed by atoms with Crippen LogP contribution in [0, 0.1) is 0 Å². The Bertz CT molecular complexity index is 1150. The molecule has 10 nitrogen and oxygen atoms in total. The number of nitrogens with zero attached hydrogens (tertiary/aromatic N) is 1. The second-order valence-electron chi connectivity index (χ2n) is 10.6. The van der Waals surface area contributed by atoms with Gasteiger partial charge in [0.15, 0.2) is 11.0 Å². The van der Waals surface area contributed by atoms with Gasteiger partial charge in [-0.1, -0.05) is 12.6 Å². The Labute approximate surface area is 238 Å². The van der Waals surface area contributed by atoms with E-state index in [9.17, 15) is 31.2 Å². The van der Waals surface area contributed by atoms with Crippen molar-refractivity contribution in [2.45, 2.75) is 87.8 Å². The van der Waals surface area contributed by atoms with Gasteiger partial charge < -0.3 is 14.2 Å². The summed E-state index contributed by atoms with van der Waals surface area (Å²) in [5, 5.41) is 0. The van der Waals surface area contributed by atoms with E-state index in [2.05, 4.69) is 5.48 Å². The molecule has 15 heteroatoms. The molecule has 4 rings (SSSR count). The van der Waals surface area contributed by atoms with E-state index in [0.717, 1.165) is 25.0 Å². The van der Waals surface area contributed by atoms with Crippen molar-refractivity contribution >= 4 is 28.5 Å². The predicted octanol–water partition coefficient (Wildman–Crippen LogP) is 4.22. The topological polar surface area (TPSA) is 120 Å². The molecule has 3 fully saturated rings. The van der Waals surface area contributed by atoms with Gasteiger partial charge in [-0.15, -0.1) is 0 Å². The first-order chi connectivity index (χ1) is 19.5. The first kappa shape index (κ1) is 31.6. The van der Waals surface area contributed by atoms with Crippen LogP contribution in [0.5, 0.6) is 5.75 Å². The van der Waals surface area contributed by atoms with Crippen molar-refractivity contribution in [3.05, 3.63) is 29.8 Å². The van der Waals surface area contributed by atoms with Crippen molar-refractivity contribution in [3.63, 3.8) is 0 Å². The average Bonchev–Trinajstić information content (AvgIpc) is 2.96. The number of nitrogens with one attached hydrogen (secondary N) is 1. The molecule has 1 N–H and O–H groups in total. The molecule has 1 aromatic carbocycles. The van der Waals surface area contributed by atoms with Crippen LogP contribution in [-0.2, 0) is 35.3 Å². The quantitative estimate of drug-likeness (QED) is 0.329. The minimum absolute atomic E-state index is 0.0660. The number of carbonyl (C=O) groups excluding carboxylic acids is 2. The van der Waals surface area contributed by atoms with E-state index in [0.29, 0.717) is 13.0 Å². The van der Waals surface area contributed by atoms with Crippen molar-refractivity contribution in [3.8, 4) is 5.75 Å². The van der Waals surface area contributed by atoms with Crippen LogP contribution in [0.15, 0.2) is 24.3 Å². The number of amides is 1. The normalized spacial score (nSPS) is 22.6. The average molecular weight is 604 g/mol. The molecule has 0 aromatic heterocycles. The summed E-state index contributed by atoms with van der Waals surface area (Å²) in [7, 11) is -4.21. The van der Waals surface area contributed by atoms with Gasteiger partial charge in [-0.3, -0.25) is 9.59 Å². The number of halogens is 3. The zero-order valence-electron chi connectivity index (χ0n) is 23.0. The zero-order chi connectivity index (χ0) is 29.7. The first-order valence-corrected chi connectivity index (χ1v) is 15.5. The minimum Gasteiger partial charge on any atom is -0.490 e. The Morgan fingerprint density at radius 1 is 1.10 bits per heavy atom. The maximum absolute atomic E-state index is 14.1. The van der Waals surface area contributed by atoms with Gasteiger partial charge >= 0.3 is 6.18 Å². The van der Waals surface area contributed by atoms with Gasteiger partial charge in [0.25, 0.3) is 18.5 Å². The number of hydroxylamine groups is 1. The van der Waals surface area contributed by atoms with Gasteiger partial charge in [-0.25, -0.2) is 23.0 Å². The zero-order valence-corrected chi connectivity index (χ0v) is 23.8. The van der Waals surface area contributed by atoms with E-state index >= 15 is 0 Å². The molecule has 228 valence electrons. The summed E-state index contributed by atoms with van der Waals surface area (Å²) in [6.07, 6.45) is -2.49. The maximum atomic E-state index is 14.1. The molecule has 3 heterocycles. The molecular formula is C26H36BF3N2O8S. The Balaban J connectivity index is 1.43. The van der Waals surface area contributed by atoms with Crippen LogP contribution in [-0.4, -0.2) is 74.7 Å². The number of carbonyl (C=O) groups is 2. The summed E-state index contributed by atoms with van der Waals surface area (Å²) in [4.78, 5) is 31.3. The Kier molecular flexibility index (Phi) is 10.2. The lowest BCUT2D eigenvalue weighted by Crippen LogP contribution is -2.61. The largest absolute Gasteiger partial charge is 0.490 e. The van der Waals surface area contributed by atoms with Crippen molar-refractivity contribution in [1.29, 1.82) is 0 Å². The van der Waals surface area contributed by atoms with Gasteiger partial charge in [0, 0.05) is 26.1 Å². The number of hydrogen-bond donors (Lipinski definition) is 1. The minimum atomic E-state index is -4.45. The van der Waals surface area contributed by atoms with Gasteiger partial charge in [0.1, 0.15) is 11.9 Å². The van der Waals surface area contributed by atoms with Crippen LogP contribution in [0.1, 0.15) is 57.4 Å². The van der Waals surface area contributed by atoms with Crippen molar-refractivity contribution in [2.75, 3.05) is 26.3 Å².